The SMILES string of the molecule is CC/C=C\C/C=C\C/C=C\C/C=C\C/C=C\CCCC(=O)OCC(C)(C)[C@@H](OC(=O)c1ccccc1OC(=O)c1ccccc1OC(=O)C1(C)C=CC=N1)C(=O)NCCC(=O)NC(=N)NC(=N)N(C)C. The maximum Gasteiger partial charge on any atom is 0.347 e. The summed E-state index contributed by atoms with van der Waals surface area (Å²) in [4.78, 5) is 85.4. The predicted octanol–water partition coefficient (Wildman–Crippen LogP) is 7.87. The van der Waals surface area contributed by atoms with Crippen molar-refractivity contribution in [3.63, 3.8) is 0 Å². The van der Waals surface area contributed by atoms with Crippen molar-refractivity contribution >= 4 is 53.8 Å². The number of rotatable bonds is 26. The lowest BCUT2D eigenvalue weighted by Crippen LogP contribution is -2.50. The Labute approximate surface area is 410 Å². The number of aliphatic imine (C=N–C) groups is 1. The number of benzene rings is 2. The predicted molar refractivity (Wildman–Crippen MR) is 270 cm³/mol. The summed E-state index contributed by atoms with van der Waals surface area (Å²) in [5, 5.41) is 23.0. The molecule has 0 saturated carbocycles. The second-order valence-electron chi connectivity index (χ2n) is 16.9. The van der Waals surface area contributed by atoms with E-state index >= 15 is 0 Å². The van der Waals surface area contributed by atoms with Crippen molar-refractivity contribution in [2.75, 3.05) is 27.2 Å². The normalized spacial score (nSPS) is 14.8. The summed E-state index contributed by atoms with van der Waals surface area (Å²) in [6, 6.07) is 11.6. The van der Waals surface area contributed by atoms with Gasteiger partial charge in [0, 0.05) is 45.1 Å². The highest BCUT2D eigenvalue weighted by atomic mass is 16.6. The number of ether oxygens (including phenoxy) is 4. The van der Waals surface area contributed by atoms with E-state index in [2.05, 4.69) is 76.5 Å². The first kappa shape index (κ1) is 56.6. The lowest BCUT2D eigenvalue weighted by Gasteiger charge is -2.32. The molecule has 0 saturated heterocycles. The zero-order chi connectivity index (χ0) is 51.4. The molecule has 1 unspecified atom stereocenters. The molecule has 2 amide bonds. The summed E-state index contributed by atoms with van der Waals surface area (Å²) in [6.07, 6.45) is 29.6. The summed E-state index contributed by atoms with van der Waals surface area (Å²) in [5.41, 5.74) is -3.00. The number of carbonyl (C=O) groups is 6. The van der Waals surface area contributed by atoms with Crippen molar-refractivity contribution in [1.29, 1.82) is 10.8 Å². The number of para-hydroxylation sites is 2. The highest BCUT2D eigenvalue weighted by Crippen LogP contribution is 2.30. The number of nitrogens with zero attached hydrogens (tertiary/aromatic N) is 2. The van der Waals surface area contributed by atoms with Crippen molar-refractivity contribution in [2.45, 2.75) is 97.1 Å². The van der Waals surface area contributed by atoms with Crippen LogP contribution in [-0.4, -0.2) is 97.6 Å². The molecule has 17 nitrogen and oxygen atoms in total. The van der Waals surface area contributed by atoms with E-state index in [0.29, 0.717) is 12.8 Å². The molecule has 2 atom stereocenters. The molecule has 3 rings (SSSR count). The number of guanidine groups is 2. The van der Waals surface area contributed by atoms with Crippen molar-refractivity contribution < 1.29 is 47.7 Å². The minimum Gasteiger partial charge on any atom is -0.465 e. The van der Waals surface area contributed by atoms with Crippen LogP contribution in [0, 0.1) is 16.2 Å². The van der Waals surface area contributed by atoms with Crippen molar-refractivity contribution in [3.05, 3.63) is 133 Å². The van der Waals surface area contributed by atoms with Gasteiger partial charge in [-0.1, -0.05) is 106 Å². The van der Waals surface area contributed by atoms with Crippen LogP contribution in [0.15, 0.2) is 126 Å². The summed E-state index contributed by atoms with van der Waals surface area (Å²) >= 11 is 0. The zero-order valence-electron chi connectivity index (χ0n) is 41.0. The van der Waals surface area contributed by atoms with Gasteiger partial charge in [0.2, 0.25) is 11.9 Å². The van der Waals surface area contributed by atoms with E-state index in [1.807, 2.05) is 12.2 Å². The monoisotopic (exact) mass is 961 g/mol. The molecule has 374 valence electrons. The van der Waals surface area contributed by atoms with Gasteiger partial charge in [-0.3, -0.25) is 40.8 Å². The van der Waals surface area contributed by atoms with Gasteiger partial charge in [-0.05, 0) is 88.3 Å². The summed E-state index contributed by atoms with van der Waals surface area (Å²) < 4.78 is 22.6. The van der Waals surface area contributed by atoms with Crippen molar-refractivity contribution in [3.8, 4) is 11.5 Å². The number of unbranched alkanes of at least 4 members (excludes halogenated alkanes) is 1. The Balaban J connectivity index is 1.65. The summed E-state index contributed by atoms with van der Waals surface area (Å²) in [6.45, 7) is 6.20. The number of hydrogen-bond acceptors (Lipinski definition) is 13. The molecule has 17 heteroatoms. The van der Waals surface area contributed by atoms with Crippen LogP contribution in [0.5, 0.6) is 11.5 Å². The molecule has 0 aliphatic carbocycles. The molecule has 2 aromatic rings. The molecular formula is C53H67N7O10. The second-order valence-corrected chi connectivity index (χ2v) is 16.9. The zero-order valence-corrected chi connectivity index (χ0v) is 41.0. The van der Waals surface area contributed by atoms with E-state index in [0.717, 1.165) is 32.1 Å². The van der Waals surface area contributed by atoms with E-state index < -0.39 is 58.7 Å². The molecular weight excluding hydrogens is 895 g/mol. The van der Waals surface area contributed by atoms with Crippen LogP contribution in [-0.2, 0) is 28.7 Å². The maximum atomic E-state index is 14.0. The van der Waals surface area contributed by atoms with E-state index in [1.54, 1.807) is 53.1 Å². The molecule has 2 aromatic carbocycles. The Hall–Kier alpha value is -7.69. The molecule has 0 aromatic heterocycles. The minimum absolute atomic E-state index is 0.0966. The molecule has 1 aliphatic heterocycles. The summed E-state index contributed by atoms with van der Waals surface area (Å²) in [7, 11) is 3.16. The van der Waals surface area contributed by atoms with Crippen LogP contribution < -0.4 is 25.4 Å². The smallest absolute Gasteiger partial charge is 0.347 e. The van der Waals surface area contributed by atoms with Gasteiger partial charge in [0.25, 0.3) is 5.91 Å². The standard InChI is InChI=1S/C53H67N7O10/c1-7-8-9-10-11-12-13-14-15-16-17-18-19-20-21-22-23-33-44(62)67-38-52(2,3)45(46(63)56-37-34-43(61)58-50(54)59-51(55)60(5)6)70-48(65)39-29-24-26-31-41(39)68-47(64)40-30-25-27-32-42(40)69-49(66)53(4)35-28-36-57-53/h8-9,11-12,14-15,17-18,20-21,24-32,35-36,45H,7,10,13,16,19,22-23,33-34,37-38H2,1-6H3,(H,56,63)(H4,54,55,58,59,61)/b9-8-,12-11-,15-14-,18-17-,21-20-/t45-,53?/m0/s1. The average molecular weight is 962 g/mol. The van der Waals surface area contributed by atoms with Crippen LogP contribution in [0.1, 0.15) is 106 Å². The number of hydrogen-bond donors (Lipinski definition) is 5. The maximum absolute atomic E-state index is 14.0. The lowest BCUT2D eigenvalue weighted by molar-refractivity contribution is -0.153. The van der Waals surface area contributed by atoms with Gasteiger partial charge in [-0.25, -0.2) is 14.4 Å². The first-order chi connectivity index (χ1) is 33.5. The molecule has 70 heavy (non-hydrogen) atoms. The third kappa shape index (κ3) is 20.3. The Bertz CT molecular complexity index is 2350. The van der Waals surface area contributed by atoms with Crippen molar-refractivity contribution in [2.24, 2.45) is 10.4 Å². The molecule has 5 N–H and O–H groups in total. The topological polar surface area (TPSA) is 239 Å². The van der Waals surface area contributed by atoms with Crippen LogP contribution in [0.2, 0.25) is 0 Å². The fraction of sp³-hybridized carbons (Fsp3) is 0.377. The Morgan fingerprint density at radius 1 is 0.757 bits per heavy atom. The van der Waals surface area contributed by atoms with Crippen LogP contribution in [0.3, 0.4) is 0 Å². The molecule has 0 radical (unpaired) electrons. The van der Waals surface area contributed by atoms with Gasteiger partial charge < -0.3 is 29.2 Å². The van der Waals surface area contributed by atoms with Gasteiger partial charge in [-0.2, -0.15) is 0 Å². The number of allylic oxidation sites excluding steroid dienone is 11. The van der Waals surface area contributed by atoms with E-state index in [1.165, 1.54) is 53.6 Å². The molecule has 1 aliphatic rings. The first-order valence-electron chi connectivity index (χ1n) is 23.1. The van der Waals surface area contributed by atoms with Crippen LogP contribution in [0.4, 0.5) is 0 Å². The van der Waals surface area contributed by atoms with Crippen LogP contribution >= 0.6 is 0 Å². The highest BCUT2D eigenvalue weighted by molar-refractivity contribution is 6.03. The Kier molecular flexibility index (Phi) is 24.2. The third-order valence-corrected chi connectivity index (χ3v) is 10.2. The van der Waals surface area contributed by atoms with Crippen molar-refractivity contribution in [1.82, 2.24) is 20.9 Å². The number of carbonyl (C=O) groups excluding carboxylic acids is 6. The molecule has 0 spiro atoms. The van der Waals surface area contributed by atoms with E-state index in [-0.39, 0.29) is 54.6 Å². The van der Waals surface area contributed by atoms with Gasteiger partial charge in [0.15, 0.2) is 17.6 Å². The quantitative estimate of drug-likeness (QED) is 0.0151. The fourth-order valence-corrected chi connectivity index (χ4v) is 6.14. The van der Waals surface area contributed by atoms with Gasteiger partial charge in [-0.15, -0.1) is 0 Å². The Morgan fingerprint density at radius 3 is 1.89 bits per heavy atom. The lowest BCUT2D eigenvalue weighted by atomic mass is 9.86. The van der Waals surface area contributed by atoms with Crippen LogP contribution in [0.25, 0.3) is 0 Å². The number of nitrogens with one attached hydrogen (secondary N) is 5. The Morgan fingerprint density at radius 2 is 1.31 bits per heavy atom. The van der Waals surface area contributed by atoms with Gasteiger partial charge in [0.1, 0.15) is 29.2 Å². The number of amides is 2. The van der Waals surface area contributed by atoms with E-state index in [9.17, 15) is 28.8 Å². The third-order valence-electron chi connectivity index (χ3n) is 10.2. The van der Waals surface area contributed by atoms with E-state index in [4.69, 9.17) is 29.8 Å². The molecule has 0 fully saturated rings. The second kappa shape index (κ2) is 29.9. The fourth-order valence-electron chi connectivity index (χ4n) is 6.14. The highest BCUT2D eigenvalue weighted by Gasteiger charge is 2.41. The molecule has 0 bridgehead atoms. The number of esters is 4. The largest absolute Gasteiger partial charge is 0.465 e. The molecule has 1 heterocycles. The van der Waals surface area contributed by atoms with Gasteiger partial charge >= 0.3 is 23.9 Å². The summed E-state index contributed by atoms with van der Waals surface area (Å²) in [5.74, 6) is -5.71. The first-order valence-corrected chi connectivity index (χ1v) is 23.1. The van der Waals surface area contributed by atoms with Gasteiger partial charge in [0.05, 0.1) is 0 Å². The minimum atomic E-state index is -1.62. The average Bonchev–Trinajstić information content (AvgIpc) is 3.78.